The average Bonchev–Trinajstić information content (AvgIpc) is 2.56. The summed E-state index contributed by atoms with van der Waals surface area (Å²) in [5.74, 6) is 0.103. The summed E-state index contributed by atoms with van der Waals surface area (Å²) in [4.78, 5) is 29.2. The summed E-state index contributed by atoms with van der Waals surface area (Å²) in [6.45, 7) is 5.44. The van der Waals surface area contributed by atoms with Crippen LogP contribution in [0.1, 0.15) is 33.1 Å². The predicted octanol–water partition coefficient (Wildman–Crippen LogP) is 2.20. The van der Waals surface area contributed by atoms with E-state index >= 15 is 0 Å². The molecule has 2 amide bonds. The standard InChI is InChI=1S/C17H22N2O3/c1-3-19-13-9-5-6-10-14(13)22-17(2,16(19)21)15(20)18-11-7-4-8-12-18/h5-6,9-10H,3-4,7-8,11-12H2,1-2H3. The van der Waals surface area contributed by atoms with Crippen molar-refractivity contribution in [1.29, 1.82) is 0 Å². The number of benzene rings is 1. The van der Waals surface area contributed by atoms with Crippen molar-refractivity contribution in [3.05, 3.63) is 24.3 Å². The van der Waals surface area contributed by atoms with Gasteiger partial charge >= 0.3 is 0 Å². The molecule has 3 rings (SSSR count). The van der Waals surface area contributed by atoms with Gasteiger partial charge in [0.05, 0.1) is 5.69 Å². The fraction of sp³-hybridized carbons (Fsp3) is 0.529. The first kappa shape index (κ1) is 14.9. The van der Waals surface area contributed by atoms with Crippen molar-refractivity contribution in [2.24, 2.45) is 0 Å². The number of carbonyl (C=O) groups excluding carboxylic acids is 2. The van der Waals surface area contributed by atoms with Crippen LogP contribution in [0.2, 0.25) is 0 Å². The molecular weight excluding hydrogens is 280 g/mol. The summed E-state index contributed by atoms with van der Waals surface area (Å²) in [6.07, 6.45) is 3.12. The van der Waals surface area contributed by atoms with Crippen molar-refractivity contribution >= 4 is 17.5 Å². The largest absolute Gasteiger partial charge is 0.465 e. The minimum absolute atomic E-state index is 0.217. The van der Waals surface area contributed by atoms with Crippen LogP contribution in [0.5, 0.6) is 5.75 Å². The van der Waals surface area contributed by atoms with E-state index in [1.54, 1.807) is 16.7 Å². The van der Waals surface area contributed by atoms with Crippen molar-refractivity contribution < 1.29 is 14.3 Å². The van der Waals surface area contributed by atoms with E-state index in [0.29, 0.717) is 25.4 Å². The highest BCUT2D eigenvalue weighted by Gasteiger charge is 2.52. The molecule has 1 fully saturated rings. The van der Waals surface area contributed by atoms with Crippen LogP contribution in [-0.4, -0.2) is 41.9 Å². The molecule has 0 spiro atoms. The maximum Gasteiger partial charge on any atom is 0.280 e. The van der Waals surface area contributed by atoms with Crippen LogP contribution < -0.4 is 9.64 Å². The van der Waals surface area contributed by atoms with Crippen LogP contribution in [0.15, 0.2) is 24.3 Å². The maximum atomic E-state index is 12.9. The second-order valence-electron chi connectivity index (χ2n) is 6.01. The molecule has 1 unspecified atom stereocenters. The van der Waals surface area contributed by atoms with Gasteiger partial charge in [-0.15, -0.1) is 0 Å². The normalized spacial score (nSPS) is 24.7. The third kappa shape index (κ3) is 2.25. The van der Waals surface area contributed by atoms with Gasteiger partial charge in [0.1, 0.15) is 5.75 Å². The molecular formula is C17H22N2O3. The van der Waals surface area contributed by atoms with Gasteiger partial charge in [0, 0.05) is 19.6 Å². The molecule has 2 aliphatic heterocycles. The van der Waals surface area contributed by atoms with Gasteiger partial charge in [-0.1, -0.05) is 12.1 Å². The number of ether oxygens (including phenoxy) is 1. The molecule has 5 heteroatoms. The number of para-hydroxylation sites is 2. The van der Waals surface area contributed by atoms with E-state index in [1.165, 1.54) is 0 Å². The predicted molar refractivity (Wildman–Crippen MR) is 83.9 cm³/mol. The molecule has 0 aliphatic carbocycles. The number of carbonyl (C=O) groups is 2. The van der Waals surface area contributed by atoms with E-state index in [-0.39, 0.29) is 11.8 Å². The Morgan fingerprint density at radius 1 is 1.23 bits per heavy atom. The number of rotatable bonds is 2. The molecule has 1 saturated heterocycles. The molecule has 0 saturated carbocycles. The summed E-state index contributed by atoms with van der Waals surface area (Å²) >= 11 is 0. The zero-order valence-corrected chi connectivity index (χ0v) is 13.2. The molecule has 118 valence electrons. The fourth-order valence-electron chi connectivity index (χ4n) is 3.24. The van der Waals surface area contributed by atoms with Crippen LogP contribution in [0.4, 0.5) is 5.69 Å². The van der Waals surface area contributed by atoms with Gasteiger partial charge in [-0.05, 0) is 45.2 Å². The zero-order valence-electron chi connectivity index (χ0n) is 13.2. The Bertz CT molecular complexity index is 595. The highest BCUT2D eigenvalue weighted by atomic mass is 16.5. The molecule has 2 aliphatic rings. The van der Waals surface area contributed by atoms with Crippen molar-refractivity contribution in [2.75, 3.05) is 24.5 Å². The lowest BCUT2D eigenvalue weighted by molar-refractivity contribution is -0.156. The summed E-state index contributed by atoms with van der Waals surface area (Å²) in [7, 11) is 0. The van der Waals surface area contributed by atoms with Crippen LogP contribution in [0.3, 0.4) is 0 Å². The Morgan fingerprint density at radius 3 is 2.59 bits per heavy atom. The van der Waals surface area contributed by atoms with E-state index in [4.69, 9.17) is 4.74 Å². The Labute approximate surface area is 130 Å². The number of piperidine rings is 1. The Balaban J connectivity index is 1.96. The highest BCUT2D eigenvalue weighted by molar-refractivity contribution is 6.16. The van der Waals surface area contributed by atoms with Crippen molar-refractivity contribution in [3.8, 4) is 5.75 Å². The van der Waals surface area contributed by atoms with Gasteiger partial charge in [-0.25, -0.2) is 0 Å². The number of nitrogens with zero attached hydrogens (tertiary/aromatic N) is 2. The van der Waals surface area contributed by atoms with Crippen molar-refractivity contribution in [3.63, 3.8) is 0 Å². The van der Waals surface area contributed by atoms with Gasteiger partial charge in [-0.2, -0.15) is 0 Å². The third-order valence-corrected chi connectivity index (χ3v) is 4.49. The lowest BCUT2D eigenvalue weighted by Crippen LogP contribution is -2.63. The van der Waals surface area contributed by atoms with Crippen LogP contribution in [-0.2, 0) is 9.59 Å². The molecule has 1 atom stereocenters. The second-order valence-corrected chi connectivity index (χ2v) is 6.01. The van der Waals surface area contributed by atoms with Gasteiger partial charge in [0.25, 0.3) is 17.4 Å². The Morgan fingerprint density at radius 2 is 1.91 bits per heavy atom. The molecule has 2 heterocycles. The number of likely N-dealkylation sites (tertiary alicyclic amines) is 1. The first-order valence-corrected chi connectivity index (χ1v) is 7.97. The third-order valence-electron chi connectivity index (χ3n) is 4.49. The van der Waals surface area contributed by atoms with E-state index in [1.807, 2.05) is 31.2 Å². The molecule has 5 nitrogen and oxygen atoms in total. The molecule has 1 aromatic rings. The van der Waals surface area contributed by atoms with Crippen LogP contribution in [0, 0.1) is 0 Å². The summed E-state index contributed by atoms with van der Waals surface area (Å²) in [6, 6.07) is 7.38. The van der Waals surface area contributed by atoms with Crippen molar-refractivity contribution in [1.82, 2.24) is 4.90 Å². The quantitative estimate of drug-likeness (QED) is 0.787. The topological polar surface area (TPSA) is 49.9 Å². The molecule has 1 aromatic carbocycles. The Kier molecular flexibility index (Phi) is 3.81. The number of hydrogen-bond donors (Lipinski definition) is 0. The average molecular weight is 302 g/mol. The molecule has 0 aromatic heterocycles. The second kappa shape index (κ2) is 5.63. The van der Waals surface area contributed by atoms with Gasteiger partial charge in [0.2, 0.25) is 0 Å². The monoisotopic (exact) mass is 302 g/mol. The summed E-state index contributed by atoms with van der Waals surface area (Å²) < 4.78 is 5.90. The minimum Gasteiger partial charge on any atom is -0.465 e. The van der Waals surface area contributed by atoms with Crippen LogP contribution in [0.25, 0.3) is 0 Å². The molecule has 22 heavy (non-hydrogen) atoms. The SMILES string of the molecule is CCN1C(=O)C(C)(C(=O)N2CCCCC2)Oc2ccccc21. The summed E-state index contributed by atoms with van der Waals surface area (Å²) in [5.41, 5.74) is -0.722. The lowest BCUT2D eigenvalue weighted by atomic mass is 9.97. The number of hydrogen-bond acceptors (Lipinski definition) is 3. The van der Waals surface area contributed by atoms with E-state index < -0.39 is 5.60 Å². The minimum atomic E-state index is -1.46. The smallest absolute Gasteiger partial charge is 0.280 e. The fourth-order valence-corrected chi connectivity index (χ4v) is 3.24. The number of fused-ring (bicyclic) bond motifs is 1. The number of likely N-dealkylation sites (N-methyl/N-ethyl adjacent to an activating group) is 1. The maximum absolute atomic E-state index is 12.9. The number of anilines is 1. The van der Waals surface area contributed by atoms with Crippen LogP contribution >= 0.6 is 0 Å². The highest BCUT2D eigenvalue weighted by Crippen LogP contribution is 2.38. The zero-order chi connectivity index (χ0) is 15.7. The molecule has 0 radical (unpaired) electrons. The van der Waals surface area contributed by atoms with Gasteiger partial charge < -0.3 is 14.5 Å². The molecule has 0 N–H and O–H groups in total. The van der Waals surface area contributed by atoms with E-state index in [2.05, 4.69) is 0 Å². The van der Waals surface area contributed by atoms with Crippen molar-refractivity contribution in [2.45, 2.75) is 38.7 Å². The number of amides is 2. The van der Waals surface area contributed by atoms with Gasteiger partial charge in [0.15, 0.2) is 0 Å². The lowest BCUT2D eigenvalue weighted by Gasteiger charge is -2.42. The van der Waals surface area contributed by atoms with E-state index in [0.717, 1.165) is 24.9 Å². The Hall–Kier alpha value is -2.04. The molecule has 0 bridgehead atoms. The first-order valence-electron chi connectivity index (χ1n) is 7.97. The van der Waals surface area contributed by atoms with E-state index in [9.17, 15) is 9.59 Å². The summed E-state index contributed by atoms with van der Waals surface area (Å²) in [5, 5.41) is 0. The van der Waals surface area contributed by atoms with Gasteiger partial charge in [-0.3, -0.25) is 9.59 Å². The first-order chi connectivity index (χ1) is 10.6.